The normalized spacial score (nSPS) is 11.6. The van der Waals surface area contributed by atoms with Crippen molar-refractivity contribution in [1.82, 2.24) is 9.13 Å². The van der Waals surface area contributed by atoms with Gasteiger partial charge in [-0.1, -0.05) is 260 Å². The first kappa shape index (κ1) is 50.6. The smallest absolute Gasteiger partial charge is 0.0541 e. The van der Waals surface area contributed by atoms with E-state index in [1.807, 2.05) is 0 Å². The molecule has 2 heteroatoms. The largest absolute Gasteiger partial charge is 0.344 e. The molecule has 17 rings (SSSR count). The van der Waals surface area contributed by atoms with Crippen LogP contribution in [0.5, 0.6) is 0 Å². The van der Waals surface area contributed by atoms with Gasteiger partial charge >= 0.3 is 0 Å². The average Bonchev–Trinajstić information content (AvgIpc) is 1.21. The number of para-hydroxylation sites is 3. The molecular formula is C84H58N2. The molecule has 0 spiro atoms. The average molecular weight is 1100 g/mol. The summed E-state index contributed by atoms with van der Waals surface area (Å²) in [6.07, 6.45) is 0. The number of nitrogens with zero attached hydrogens (tertiary/aromatic N) is 2. The first-order valence-electron chi connectivity index (χ1n) is 29.8. The zero-order valence-corrected chi connectivity index (χ0v) is 47.9. The summed E-state index contributed by atoms with van der Waals surface area (Å²) in [4.78, 5) is 0. The van der Waals surface area contributed by atoms with Gasteiger partial charge < -0.3 is 9.13 Å². The molecule has 0 amide bonds. The van der Waals surface area contributed by atoms with E-state index >= 15 is 0 Å². The van der Waals surface area contributed by atoms with Gasteiger partial charge in [0.1, 0.15) is 0 Å². The Balaban J connectivity index is 0.000000141. The van der Waals surface area contributed by atoms with Gasteiger partial charge in [-0.05, 0) is 177 Å². The molecule has 0 atom stereocenters. The molecule has 0 bridgehead atoms. The van der Waals surface area contributed by atoms with Crippen molar-refractivity contribution >= 4 is 86.7 Å². The molecule has 0 radical (unpaired) electrons. The predicted octanol–water partition coefficient (Wildman–Crippen LogP) is 23.0. The summed E-state index contributed by atoms with van der Waals surface area (Å²) in [5.74, 6) is 0. The first-order valence-corrected chi connectivity index (χ1v) is 29.8. The van der Waals surface area contributed by atoms with Gasteiger partial charge in [0.25, 0.3) is 0 Å². The van der Waals surface area contributed by atoms with Crippen molar-refractivity contribution in [3.05, 3.63) is 321 Å². The molecule has 0 fully saturated rings. The van der Waals surface area contributed by atoms with E-state index in [4.69, 9.17) is 0 Å². The minimum Gasteiger partial charge on any atom is -0.344 e. The van der Waals surface area contributed by atoms with Crippen LogP contribution in [0.4, 0.5) is 0 Å². The lowest BCUT2D eigenvalue weighted by atomic mass is 9.85. The molecule has 15 aromatic carbocycles. The Morgan fingerprint density at radius 2 is 0.488 bits per heavy atom. The number of aryl methyl sites for hydroxylation is 2. The van der Waals surface area contributed by atoms with Crippen LogP contribution < -0.4 is 0 Å². The lowest BCUT2D eigenvalue weighted by Crippen LogP contribution is -1.93. The van der Waals surface area contributed by atoms with E-state index in [9.17, 15) is 0 Å². The van der Waals surface area contributed by atoms with Crippen molar-refractivity contribution in [2.24, 2.45) is 7.05 Å². The Bertz CT molecular complexity index is 5360. The minimum absolute atomic E-state index is 1.18. The fourth-order valence-corrected chi connectivity index (χ4v) is 13.9. The predicted molar refractivity (Wildman–Crippen MR) is 369 cm³/mol. The Hall–Kier alpha value is -11.1. The lowest BCUT2D eigenvalue weighted by Gasteiger charge is -2.18. The van der Waals surface area contributed by atoms with Crippen LogP contribution in [0.2, 0.25) is 0 Å². The molecule has 0 unspecified atom stereocenters. The van der Waals surface area contributed by atoms with Crippen LogP contribution in [0.3, 0.4) is 0 Å². The standard InChI is InChI=1S/C45H31N.C39H27N/c1-30-22-24-31(25-23-30)44-37-17-5-7-19-39(37)45(40-20-8-6-18-38(40)44)34-13-11-12-32(28-34)33-26-27-43-41(29-33)36-16-9-10-21-42(36)46(43)35-14-3-2-4-15-35;1-40-36-21-10-9-16-30(36)35-25-28(22-23-37(35)40)27-14-11-15-29(24-27)39-33-19-7-5-17-31(33)38(26-12-3-2-4-13-26)32-18-6-8-20-34(32)39/h2-29H,1H3;2-25H,1H3. The number of rotatable bonds is 7. The van der Waals surface area contributed by atoms with E-state index in [-0.39, 0.29) is 0 Å². The van der Waals surface area contributed by atoms with Crippen molar-refractivity contribution in [3.63, 3.8) is 0 Å². The van der Waals surface area contributed by atoms with Crippen molar-refractivity contribution < 1.29 is 0 Å². The Labute approximate surface area is 500 Å². The maximum atomic E-state index is 2.37. The van der Waals surface area contributed by atoms with Gasteiger partial charge in [0.05, 0.1) is 11.0 Å². The maximum absolute atomic E-state index is 2.37. The maximum Gasteiger partial charge on any atom is 0.0541 e. The number of hydrogen-bond donors (Lipinski definition) is 0. The van der Waals surface area contributed by atoms with Crippen LogP contribution in [0.25, 0.3) is 159 Å². The van der Waals surface area contributed by atoms with E-state index in [0.717, 1.165) is 0 Å². The Morgan fingerprint density at radius 1 is 0.198 bits per heavy atom. The van der Waals surface area contributed by atoms with Crippen molar-refractivity contribution in [3.8, 4) is 72.4 Å². The van der Waals surface area contributed by atoms with Gasteiger partial charge in [-0.15, -0.1) is 0 Å². The molecule has 0 saturated carbocycles. The van der Waals surface area contributed by atoms with E-state index in [2.05, 4.69) is 339 Å². The summed E-state index contributed by atoms with van der Waals surface area (Å²) in [7, 11) is 2.15. The van der Waals surface area contributed by atoms with Crippen LogP contribution in [0.1, 0.15) is 5.56 Å². The van der Waals surface area contributed by atoms with Crippen LogP contribution in [0, 0.1) is 6.92 Å². The fourth-order valence-electron chi connectivity index (χ4n) is 13.9. The zero-order chi connectivity index (χ0) is 57.2. The molecule has 86 heavy (non-hydrogen) atoms. The lowest BCUT2D eigenvalue weighted by molar-refractivity contribution is 1.01. The monoisotopic (exact) mass is 1090 g/mol. The Kier molecular flexibility index (Phi) is 12.4. The summed E-state index contributed by atoms with van der Waals surface area (Å²) >= 11 is 0. The van der Waals surface area contributed by atoms with Crippen molar-refractivity contribution in [1.29, 1.82) is 0 Å². The quantitative estimate of drug-likeness (QED) is 0.141. The fraction of sp³-hybridized carbons (Fsp3) is 0.0238. The summed E-state index contributed by atoms with van der Waals surface area (Å²) in [6, 6.07) is 115. The van der Waals surface area contributed by atoms with Crippen molar-refractivity contribution in [2.45, 2.75) is 6.92 Å². The highest BCUT2D eigenvalue weighted by Crippen LogP contribution is 2.47. The number of fused-ring (bicyclic) bond motifs is 10. The van der Waals surface area contributed by atoms with Crippen LogP contribution in [0.15, 0.2) is 315 Å². The van der Waals surface area contributed by atoms with Crippen LogP contribution >= 0.6 is 0 Å². The van der Waals surface area contributed by atoms with Gasteiger partial charge in [-0.2, -0.15) is 0 Å². The highest BCUT2D eigenvalue weighted by Gasteiger charge is 2.20. The molecule has 0 aliphatic rings. The number of aromatic nitrogens is 2. The minimum atomic E-state index is 1.18. The Morgan fingerprint density at radius 3 is 0.965 bits per heavy atom. The third-order valence-electron chi connectivity index (χ3n) is 17.8. The molecular weight excluding hydrogens is 1040 g/mol. The topological polar surface area (TPSA) is 9.86 Å². The molecule has 0 aliphatic carbocycles. The molecule has 2 aromatic heterocycles. The summed E-state index contributed by atoms with van der Waals surface area (Å²) in [5, 5.41) is 15.4. The summed E-state index contributed by atoms with van der Waals surface area (Å²) < 4.78 is 4.66. The van der Waals surface area contributed by atoms with Crippen LogP contribution in [-0.4, -0.2) is 9.13 Å². The third-order valence-corrected chi connectivity index (χ3v) is 17.8. The number of benzene rings is 15. The summed E-state index contributed by atoms with van der Waals surface area (Å²) in [6.45, 7) is 2.15. The third kappa shape index (κ3) is 8.48. The first-order chi connectivity index (χ1) is 42.5. The molecule has 0 N–H and O–H groups in total. The molecule has 2 nitrogen and oxygen atoms in total. The van der Waals surface area contributed by atoms with Crippen molar-refractivity contribution in [2.75, 3.05) is 0 Å². The van der Waals surface area contributed by atoms with Gasteiger partial charge in [-0.3, -0.25) is 0 Å². The molecule has 0 aliphatic heterocycles. The van der Waals surface area contributed by atoms with Gasteiger partial charge in [0.2, 0.25) is 0 Å². The van der Waals surface area contributed by atoms with E-state index < -0.39 is 0 Å². The second kappa shape index (κ2) is 21.0. The second-order valence-corrected chi connectivity index (χ2v) is 22.8. The summed E-state index contributed by atoms with van der Waals surface area (Å²) in [5.41, 5.74) is 22.4. The van der Waals surface area contributed by atoms with Gasteiger partial charge in [-0.25, -0.2) is 0 Å². The van der Waals surface area contributed by atoms with Gasteiger partial charge in [0, 0.05) is 45.3 Å². The number of hydrogen-bond acceptors (Lipinski definition) is 0. The SMILES string of the molecule is Cc1ccc(-c2c3ccccc3c(-c3cccc(-c4ccc5c(c4)c4ccccc4n5-c4ccccc4)c3)c3ccccc23)cc1.Cn1c2ccccc2c2cc(-c3cccc(-c4c5ccccc5c(-c5ccccc5)c5ccccc45)c3)ccc21. The highest BCUT2D eigenvalue weighted by atomic mass is 15.0. The highest BCUT2D eigenvalue weighted by molar-refractivity contribution is 6.23. The molecule has 2 heterocycles. The molecule has 404 valence electrons. The van der Waals surface area contributed by atoms with E-state index in [0.29, 0.717) is 0 Å². The van der Waals surface area contributed by atoms with E-state index in [1.54, 1.807) is 0 Å². The second-order valence-electron chi connectivity index (χ2n) is 22.8. The molecule has 17 aromatic rings. The van der Waals surface area contributed by atoms with Gasteiger partial charge in [0.15, 0.2) is 0 Å². The molecule has 0 saturated heterocycles. The zero-order valence-electron chi connectivity index (χ0n) is 47.9. The van der Waals surface area contributed by atoms with Crippen LogP contribution in [-0.2, 0) is 7.05 Å². The van der Waals surface area contributed by atoms with E-state index in [1.165, 1.54) is 165 Å².